The maximum absolute atomic E-state index is 1.50. The molecule has 0 aromatic rings. The maximum atomic E-state index is 1.50. The molecule has 0 amide bonds. The molecule has 0 nitrogen and oxygen atoms in total. The van der Waals surface area contributed by atoms with Crippen molar-refractivity contribution in [1.82, 2.24) is 0 Å². The summed E-state index contributed by atoms with van der Waals surface area (Å²) in [6.45, 7) is 0. The Kier molecular flexibility index (Phi) is 23.6. The molecule has 0 N–H and O–H groups in total. The summed E-state index contributed by atoms with van der Waals surface area (Å²) in [5, 5.41) is 0. The summed E-state index contributed by atoms with van der Waals surface area (Å²) in [5.41, 5.74) is 0. The van der Waals surface area contributed by atoms with E-state index >= 15 is 0 Å². The third kappa shape index (κ3) is 22.7. The molecule has 0 heterocycles. The molecule has 0 aliphatic heterocycles. The minimum Gasteiger partial charge on any atom is -0.0533 e. The average molecular weight is 421 g/mol. The molecule has 5 saturated carbocycles. The summed E-state index contributed by atoms with van der Waals surface area (Å²) in [4.78, 5) is 0. The quantitative estimate of drug-likeness (QED) is 0.342. The maximum Gasteiger partial charge on any atom is -0.0533 e. The van der Waals surface area contributed by atoms with Crippen molar-refractivity contribution >= 4 is 0 Å². The summed E-state index contributed by atoms with van der Waals surface area (Å²) in [5.74, 6) is 0. The Morgan fingerprint density at radius 1 is 0.0667 bits per heavy atom. The molecule has 5 aliphatic rings. The van der Waals surface area contributed by atoms with Gasteiger partial charge in [-0.05, 0) is 0 Å². The fourth-order valence-corrected chi connectivity index (χ4v) is 4.85. The van der Waals surface area contributed by atoms with E-state index in [2.05, 4.69) is 0 Å². The Morgan fingerprint density at radius 3 is 0.133 bits per heavy atom. The molecular formula is C30H60. The van der Waals surface area contributed by atoms with Gasteiger partial charge in [-0.1, -0.05) is 193 Å². The largest absolute Gasteiger partial charge is 0.0533 e. The van der Waals surface area contributed by atoms with Gasteiger partial charge in [0.15, 0.2) is 0 Å². The Morgan fingerprint density at radius 2 is 0.100 bits per heavy atom. The zero-order valence-corrected chi connectivity index (χ0v) is 21.2. The Balaban J connectivity index is 0.000000191. The van der Waals surface area contributed by atoms with Crippen molar-refractivity contribution in [2.45, 2.75) is 193 Å². The van der Waals surface area contributed by atoms with Crippen molar-refractivity contribution in [3.8, 4) is 0 Å². The van der Waals surface area contributed by atoms with Crippen molar-refractivity contribution in [2.24, 2.45) is 0 Å². The highest BCUT2D eigenvalue weighted by Crippen LogP contribution is 2.17. The second-order valence-corrected chi connectivity index (χ2v) is 10.6. The first-order valence-electron chi connectivity index (χ1n) is 15.0. The van der Waals surface area contributed by atoms with Crippen LogP contribution in [0.2, 0.25) is 0 Å². The third-order valence-corrected chi connectivity index (χ3v) is 7.50. The van der Waals surface area contributed by atoms with Gasteiger partial charge in [-0.25, -0.2) is 0 Å². The summed E-state index contributed by atoms with van der Waals surface area (Å²) in [6.07, 6.45) is 45.0. The molecule has 0 spiro atoms. The molecule has 0 radical (unpaired) electrons. The van der Waals surface area contributed by atoms with E-state index in [4.69, 9.17) is 0 Å². The van der Waals surface area contributed by atoms with E-state index in [-0.39, 0.29) is 0 Å². The number of hydrogen-bond donors (Lipinski definition) is 0. The predicted octanol–water partition coefficient (Wildman–Crippen LogP) is 11.7. The van der Waals surface area contributed by atoms with Crippen LogP contribution in [0.4, 0.5) is 0 Å². The molecule has 5 rings (SSSR count). The summed E-state index contributed by atoms with van der Waals surface area (Å²) < 4.78 is 0. The lowest BCUT2D eigenvalue weighted by Gasteiger charge is -2.05. The molecular weight excluding hydrogens is 360 g/mol. The smallest absolute Gasteiger partial charge is 0.0533 e. The van der Waals surface area contributed by atoms with Crippen LogP contribution < -0.4 is 0 Å². The van der Waals surface area contributed by atoms with Gasteiger partial charge in [-0.2, -0.15) is 0 Å². The van der Waals surface area contributed by atoms with Gasteiger partial charge in [0.1, 0.15) is 0 Å². The normalized spacial score (nSPS) is 24.0. The monoisotopic (exact) mass is 420 g/mol. The standard InChI is InChI=1S/C8H16.C7H14.C6H12.C5H10.C4H8/c1-2-4-6-8-7-5-3-1;1-2-4-6-7-5-3-1;1-2-4-6-5-3-1;1-2-4-5-3-1;1-2-4-3-1/h1-8H2;1-7H2;1-6H2;1-5H2;1-4H2. The van der Waals surface area contributed by atoms with Crippen molar-refractivity contribution in [3.05, 3.63) is 0 Å². The van der Waals surface area contributed by atoms with Crippen molar-refractivity contribution in [3.63, 3.8) is 0 Å². The van der Waals surface area contributed by atoms with Crippen LogP contribution in [0.15, 0.2) is 0 Å². The minimum absolute atomic E-state index is 1.50. The van der Waals surface area contributed by atoms with Crippen molar-refractivity contribution < 1.29 is 0 Å². The minimum atomic E-state index is 1.50. The Hall–Kier alpha value is 0. The zero-order chi connectivity index (χ0) is 21.2. The van der Waals surface area contributed by atoms with E-state index < -0.39 is 0 Å². The van der Waals surface area contributed by atoms with E-state index in [9.17, 15) is 0 Å². The molecule has 30 heavy (non-hydrogen) atoms. The van der Waals surface area contributed by atoms with Gasteiger partial charge in [-0.15, -0.1) is 0 Å². The molecule has 0 unspecified atom stereocenters. The predicted molar refractivity (Wildman–Crippen MR) is 139 cm³/mol. The first-order chi connectivity index (χ1) is 15.0. The molecule has 5 fully saturated rings. The molecule has 0 aromatic carbocycles. The first kappa shape index (κ1) is 28.0. The van der Waals surface area contributed by atoms with Crippen LogP contribution in [-0.2, 0) is 0 Å². The van der Waals surface area contributed by atoms with Crippen LogP contribution in [0.5, 0.6) is 0 Å². The average Bonchev–Trinajstić information content (AvgIpc) is 3.17. The lowest BCUT2D eigenvalue weighted by molar-refractivity contribution is 0.504. The van der Waals surface area contributed by atoms with Crippen LogP contribution in [0.25, 0.3) is 0 Å². The second kappa shape index (κ2) is 25.3. The van der Waals surface area contributed by atoms with Crippen LogP contribution in [-0.4, -0.2) is 0 Å². The molecule has 5 aliphatic carbocycles. The van der Waals surface area contributed by atoms with E-state index in [1.54, 1.807) is 0 Å². The van der Waals surface area contributed by atoms with Gasteiger partial charge in [0.05, 0.1) is 0 Å². The highest BCUT2D eigenvalue weighted by atomic mass is 14.0. The highest BCUT2D eigenvalue weighted by molar-refractivity contribution is 4.53. The SMILES string of the molecule is C1CCC1.C1CCCC1.C1CCCCC1.C1CCCCCC1.C1CCCCCCC1. The summed E-state index contributed by atoms with van der Waals surface area (Å²) in [6, 6.07) is 0. The van der Waals surface area contributed by atoms with E-state index in [1.807, 2.05) is 0 Å². The lowest BCUT2D eigenvalue weighted by Crippen LogP contribution is -1.85. The van der Waals surface area contributed by atoms with Gasteiger partial charge < -0.3 is 0 Å². The first-order valence-corrected chi connectivity index (χ1v) is 15.0. The molecule has 0 bridgehead atoms. The van der Waals surface area contributed by atoms with Gasteiger partial charge in [-0.3, -0.25) is 0 Å². The van der Waals surface area contributed by atoms with Gasteiger partial charge in [0.25, 0.3) is 0 Å². The third-order valence-electron chi connectivity index (χ3n) is 7.50. The highest BCUT2D eigenvalue weighted by Gasteiger charge is 1.97. The Labute approximate surface area is 192 Å². The van der Waals surface area contributed by atoms with E-state index in [0.29, 0.717) is 0 Å². The van der Waals surface area contributed by atoms with Gasteiger partial charge in [0, 0.05) is 0 Å². The number of rotatable bonds is 0. The molecule has 0 aromatic heterocycles. The second-order valence-electron chi connectivity index (χ2n) is 10.6. The van der Waals surface area contributed by atoms with Crippen LogP contribution in [0.3, 0.4) is 0 Å². The van der Waals surface area contributed by atoms with Crippen molar-refractivity contribution in [1.29, 1.82) is 0 Å². The molecule has 0 atom stereocenters. The summed E-state index contributed by atoms with van der Waals surface area (Å²) >= 11 is 0. The fourth-order valence-electron chi connectivity index (χ4n) is 4.85. The van der Waals surface area contributed by atoms with Crippen LogP contribution in [0.1, 0.15) is 193 Å². The fraction of sp³-hybridized carbons (Fsp3) is 1.00. The van der Waals surface area contributed by atoms with E-state index in [1.165, 1.54) is 193 Å². The topological polar surface area (TPSA) is 0 Å². The molecule has 0 saturated heterocycles. The van der Waals surface area contributed by atoms with Gasteiger partial charge in [0.2, 0.25) is 0 Å². The summed E-state index contributed by atoms with van der Waals surface area (Å²) in [7, 11) is 0. The number of hydrogen-bond acceptors (Lipinski definition) is 0. The lowest BCUT2D eigenvalue weighted by atomic mass is 10.0. The van der Waals surface area contributed by atoms with Gasteiger partial charge >= 0.3 is 0 Å². The van der Waals surface area contributed by atoms with E-state index in [0.717, 1.165) is 0 Å². The van der Waals surface area contributed by atoms with Crippen LogP contribution >= 0.6 is 0 Å². The van der Waals surface area contributed by atoms with Crippen molar-refractivity contribution in [2.75, 3.05) is 0 Å². The molecule has 180 valence electrons. The molecule has 0 heteroatoms. The Bertz CT molecular complexity index is 216. The zero-order valence-electron chi connectivity index (χ0n) is 21.2. The van der Waals surface area contributed by atoms with Crippen LogP contribution in [0, 0.1) is 0 Å².